The number of rotatable bonds is 4. The first kappa shape index (κ1) is 17.3. The minimum absolute atomic E-state index is 0.0367. The Morgan fingerprint density at radius 1 is 1.32 bits per heavy atom. The number of carboxylic acid groups (broad SMARTS) is 1. The van der Waals surface area contributed by atoms with Crippen molar-refractivity contribution in [2.24, 2.45) is 0 Å². The standard InChI is InChI=1S/C15H14F2N4O3S/c1-8-18-19-13-6-21(12(15(23)24)5-20(8)13)14(22)7-25-9-2-3-10(16)11(17)4-9/h2-4,12H,5-7H2,1H3,(H,23,24). The Labute approximate surface area is 145 Å². The number of aliphatic carboxylic acids is 1. The highest BCUT2D eigenvalue weighted by Gasteiger charge is 2.36. The molecule has 0 spiro atoms. The lowest BCUT2D eigenvalue weighted by molar-refractivity contribution is -0.151. The third kappa shape index (κ3) is 3.48. The molecule has 2 heterocycles. The van der Waals surface area contributed by atoms with Crippen molar-refractivity contribution in [3.05, 3.63) is 41.5 Å². The van der Waals surface area contributed by atoms with E-state index in [9.17, 15) is 23.5 Å². The number of nitrogens with zero attached hydrogens (tertiary/aromatic N) is 4. The zero-order valence-electron chi connectivity index (χ0n) is 13.1. The Morgan fingerprint density at radius 3 is 2.76 bits per heavy atom. The second-order valence-electron chi connectivity index (χ2n) is 5.51. The maximum atomic E-state index is 13.2. The van der Waals surface area contributed by atoms with Crippen LogP contribution in [0.4, 0.5) is 8.78 Å². The summed E-state index contributed by atoms with van der Waals surface area (Å²) < 4.78 is 27.8. The molecule has 3 rings (SSSR count). The summed E-state index contributed by atoms with van der Waals surface area (Å²) in [5, 5.41) is 17.3. The van der Waals surface area contributed by atoms with Crippen LogP contribution >= 0.6 is 11.8 Å². The summed E-state index contributed by atoms with van der Waals surface area (Å²) in [4.78, 5) is 25.6. The van der Waals surface area contributed by atoms with Crippen molar-refractivity contribution in [3.8, 4) is 0 Å². The molecule has 1 aromatic heterocycles. The number of thioether (sulfide) groups is 1. The largest absolute Gasteiger partial charge is 0.480 e. The summed E-state index contributed by atoms with van der Waals surface area (Å²) in [5.41, 5.74) is 0. The number of benzene rings is 1. The minimum Gasteiger partial charge on any atom is -0.480 e. The second kappa shape index (κ2) is 6.79. The first-order chi connectivity index (χ1) is 11.9. The number of carboxylic acids is 1. The Kier molecular flexibility index (Phi) is 4.71. The fourth-order valence-corrected chi connectivity index (χ4v) is 3.39. The fourth-order valence-electron chi connectivity index (χ4n) is 2.58. The van der Waals surface area contributed by atoms with Crippen molar-refractivity contribution in [3.63, 3.8) is 0 Å². The van der Waals surface area contributed by atoms with Gasteiger partial charge in [-0.25, -0.2) is 13.6 Å². The maximum Gasteiger partial charge on any atom is 0.328 e. The van der Waals surface area contributed by atoms with E-state index >= 15 is 0 Å². The van der Waals surface area contributed by atoms with Crippen LogP contribution in [0.2, 0.25) is 0 Å². The summed E-state index contributed by atoms with van der Waals surface area (Å²) in [6.07, 6.45) is 0. The van der Waals surface area contributed by atoms with Crippen molar-refractivity contribution >= 4 is 23.6 Å². The van der Waals surface area contributed by atoms with Crippen LogP contribution in [0.1, 0.15) is 11.6 Å². The van der Waals surface area contributed by atoms with Gasteiger partial charge in [-0.05, 0) is 25.1 Å². The lowest BCUT2D eigenvalue weighted by Crippen LogP contribution is -2.51. The van der Waals surface area contributed by atoms with Gasteiger partial charge in [0.1, 0.15) is 11.9 Å². The summed E-state index contributed by atoms with van der Waals surface area (Å²) in [7, 11) is 0. The van der Waals surface area contributed by atoms with Gasteiger partial charge in [-0.15, -0.1) is 22.0 Å². The molecule has 1 aromatic carbocycles. The molecule has 10 heteroatoms. The summed E-state index contributed by atoms with van der Waals surface area (Å²) in [6.45, 7) is 1.83. The molecule has 1 amide bonds. The van der Waals surface area contributed by atoms with Gasteiger partial charge >= 0.3 is 5.97 Å². The Balaban J connectivity index is 1.73. The molecule has 1 unspecified atom stereocenters. The SMILES string of the molecule is Cc1nnc2n1CC(C(=O)O)N(C(=O)CSc1ccc(F)c(F)c1)C2. The molecular formula is C15H14F2N4O3S. The first-order valence-corrected chi connectivity index (χ1v) is 8.34. The lowest BCUT2D eigenvalue weighted by atomic mass is 10.2. The van der Waals surface area contributed by atoms with Gasteiger partial charge in [0.2, 0.25) is 5.91 Å². The predicted octanol–water partition coefficient (Wildman–Crippen LogP) is 1.45. The predicted molar refractivity (Wildman–Crippen MR) is 83.8 cm³/mol. The number of aromatic nitrogens is 3. The number of aryl methyl sites for hydroxylation is 1. The molecule has 1 N–H and O–H groups in total. The molecule has 1 aliphatic heterocycles. The molecule has 0 saturated heterocycles. The summed E-state index contributed by atoms with van der Waals surface area (Å²) in [5.74, 6) is -2.50. The van der Waals surface area contributed by atoms with Gasteiger partial charge in [0.15, 0.2) is 17.5 Å². The van der Waals surface area contributed by atoms with Gasteiger partial charge in [0.05, 0.1) is 18.8 Å². The van der Waals surface area contributed by atoms with Gasteiger partial charge in [0.25, 0.3) is 0 Å². The summed E-state index contributed by atoms with van der Waals surface area (Å²) >= 11 is 1.01. The molecule has 1 atom stereocenters. The normalized spacial score (nSPS) is 16.6. The van der Waals surface area contributed by atoms with E-state index in [0.717, 1.165) is 23.9 Å². The van der Waals surface area contributed by atoms with Gasteiger partial charge in [-0.3, -0.25) is 4.79 Å². The van der Waals surface area contributed by atoms with Crippen LogP contribution in [0, 0.1) is 18.6 Å². The molecule has 0 aliphatic carbocycles. The maximum absolute atomic E-state index is 13.2. The van der Waals surface area contributed by atoms with Crippen molar-refractivity contribution in [1.29, 1.82) is 0 Å². The zero-order chi connectivity index (χ0) is 18.1. The van der Waals surface area contributed by atoms with Crippen LogP contribution in [-0.2, 0) is 22.7 Å². The molecule has 132 valence electrons. The number of carbonyl (C=O) groups is 2. The highest BCUT2D eigenvalue weighted by Crippen LogP contribution is 2.23. The monoisotopic (exact) mass is 368 g/mol. The number of carbonyl (C=O) groups excluding carboxylic acids is 1. The zero-order valence-corrected chi connectivity index (χ0v) is 14.0. The van der Waals surface area contributed by atoms with Gasteiger partial charge in [-0.2, -0.15) is 0 Å². The Morgan fingerprint density at radius 2 is 2.08 bits per heavy atom. The van der Waals surface area contributed by atoms with Gasteiger partial charge < -0.3 is 14.6 Å². The van der Waals surface area contributed by atoms with E-state index in [2.05, 4.69) is 10.2 Å². The lowest BCUT2D eigenvalue weighted by Gasteiger charge is -2.33. The van der Waals surface area contributed by atoms with Crippen LogP contribution in [0.3, 0.4) is 0 Å². The van der Waals surface area contributed by atoms with Gasteiger partial charge in [0, 0.05) is 4.90 Å². The van der Waals surface area contributed by atoms with Crippen LogP contribution in [0.5, 0.6) is 0 Å². The topological polar surface area (TPSA) is 88.3 Å². The third-order valence-electron chi connectivity index (χ3n) is 3.91. The average Bonchev–Trinajstić information content (AvgIpc) is 2.95. The van der Waals surface area contributed by atoms with Crippen LogP contribution in [0.25, 0.3) is 0 Å². The minimum atomic E-state index is -1.12. The average molecular weight is 368 g/mol. The second-order valence-corrected chi connectivity index (χ2v) is 6.56. The quantitative estimate of drug-likeness (QED) is 0.822. The van der Waals surface area contributed by atoms with Crippen LogP contribution in [0.15, 0.2) is 23.1 Å². The van der Waals surface area contributed by atoms with Crippen molar-refractivity contribution < 1.29 is 23.5 Å². The van der Waals surface area contributed by atoms with E-state index in [-0.39, 0.29) is 18.8 Å². The van der Waals surface area contributed by atoms with Crippen molar-refractivity contribution in [2.45, 2.75) is 31.0 Å². The molecule has 7 nitrogen and oxygen atoms in total. The van der Waals surface area contributed by atoms with E-state index in [0.29, 0.717) is 16.5 Å². The van der Waals surface area contributed by atoms with Crippen LogP contribution in [-0.4, -0.2) is 48.4 Å². The summed E-state index contributed by atoms with van der Waals surface area (Å²) in [6, 6.07) is 2.31. The smallest absolute Gasteiger partial charge is 0.328 e. The molecular weight excluding hydrogens is 354 g/mol. The Hall–Kier alpha value is -2.49. The Bertz CT molecular complexity index is 842. The van der Waals surface area contributed by atoms with Gasteiger partial charge in [-0.1, -0.05) is 0 Å². The highest BCUT2D eigenvalue weighted by molar-refractivity contribution is 8.00. The van der Waals surface area contributed by atoms with E-state index in [4.69, 9.17) is 0 Å². The number of hydrogen-bond donors (Lipinski definition) is 1. The molecule has 0 fully saturated rings. The molecule has 2 aromatic rings. The molecule has 25 heavy (non-hydrogen) atoms. The first-order valence-electron chi connectivity index (χ1n) is 7.35. The fraction of sp³-hybridized carbons (Fsp3) is 0.333. The van der Waals surface area contributed by atoms with E-state index < -0.39 is 29.6 Å². The molecule has 0 saturated carbocycles. The number of hydrogen-bond acceptors (Lipinski definition) is 5. The number of amides is 1. The van der Waals surface area contributed by atoms with Crippen LogP contribution < -0.4 is 0 Å². The highest BCUT2D eigenvalue weighted by atomic mass is 32.2. The van der Waals surface area contributed by atoms with Crippen molar-refractivity contribution in [2.75, 3.05) is 5.75 Å². The molecule has 0 bridgehead atoms. The van der Waals surface area contributed by atoms with E-state index in [1.165, 1.54) is 11.0 Å². The van der Waals surface area contributed by atoms with Crippen molar-refractivity contribution in [1.82, 2.24) is 19.7 Å². The third-order valence-corrected chi connectivity index (χ3v) is 4.89. The molecule has 0 radical (unpaired) electrons. The number of fused-ring (bicyclic) bond motifs is 1. The molecule has 1 aliphatic rings. The van der Waals surface area contributed by atoms with E-state index in [1.807, 2.05) is 0 Å². The van der Waals surface area contributed by atoms with E-state index in [1.54, 1.807) is 11.5 Å². The number of halogens is 2.